The van der Waals surface area contributed by atoms with Crippen LogP contribution in [0.5, 0.6) is 5.75 Å². The smallest absolute Gasteiger partial charge is 0.163 e. The zero-order chi connectivity index (χ0) is 15.2. The highest BCUT2D eigenvalue weighted by Crippen LogP contribution is 2.19. The first-order valence-corrected chi connectivity index (χ1v) is 6.92. The molecule has 2 aromatic rings. The molecule has 0 aliphatic heterocycles. The second kappa shape index (κ2) is 7.18. The second-order valence-corrected chi connectivity index (χ2v) is 4.92. The normalized spacial score (nSPS) is 12.2. The van der Waals surface area contributed by atoms with E-state index in [1.54, 1.807) is 13.2 Å². The first-order chi connectivity index (χ1) is 10.1. The van der Waals surface area contributed by atoms with Crippen molar-refractivity contribution in [3.8, 4) is 5.75 Å². The van der Waals surface area contributed by atoms with Crippen molar-refractivity contribution < 1.29 is 13.5 Å². The molecule has 1 unspecified atom stereocenters. The van der Waals surface area contributed by atoms with E-state index in [0.717, 1.165) is 23.8 Å². The van der Waals surface area contributed by atoms with Gasteiger partial charge in [-0.3, -0.25) is 0 Å². The molecule has 1 atom stereocenters. The van der Waals surface area contributed by atoms with E-state index in [4.69, 9.17) is 4.74 Å². The van der Waals surface area contributed by atoms with E-state index >= 15 is 0 Å². The van der Waals surface area contributed by atoms with Gasteiger partial charge in [0.25, 0.3) is 0 Å². The molecule has 2 nitrogen and oxygen atoms in total. The summed E-state index contributed by atoms with van der Waals surface area (Å²) in [6.07, 6.45) is 0.790. The van der Waals surface area contributed by atoms with Gasteiger partial charge in [0.2, 0.25) is 0 Å². The molecule has 0 heterocycles. The van der Waals surface area contributed by atoms with Crippen LogP contribution in [-0.4, -0.2) is 13.7 Å². The highest BCUT2D eigenvalue weighted by molar-refractivity contribution is 5.28. The van der Waals surface area contributed by atoms with E-state index in [-0.39, 0.29) is 6.04 Å². The molecule has 2 rings (SSSR count). The first-order valence-electron chi connectivity index (χ1n) is 6.92. The van der Waals surface area contributed by atoms with Gasteiger partial charge in [-0.2, -0.15) is 0 Å². The SMILES string of the molecule is COc1cccc(CCNC(C)c2cccc(F)c2F)c1. The number of hydrogen-bond donors (Lipinski definition) is 1. The quantitative estimate of drug-likeness (QED) is 0.872. The van der Waals surface area contributed by atoms with Crippen molar-refractivity contribution in [1.82, 2.24) is 5.32 Å². The molecule has 0 aromatic heterocycles. The standard InChI is InChI=1S/C17H19F2NO/c1-12(15-7-4-8-16(18)17(15)19)20-10-9-13-5-3-6-14(11-13)21-2/h3-8,11-12,20H,9-10H2,1-2H3. The molecule has 0 spiro atoms. The molecule has 112 valence electrons. The Bertz CT molecular complexity index is 601. The summed E-state index contributed by atoms with van der Waals surface area (Å²) >= 11 is 0. The monoisotopic (exact) mass is 291 g/mol. The molecular weight excluding hydrogens is 272 g/mol. The summed E-state index contributed by atoms with van der Waals surface area (Å²) < 4.78 is 32.0. The molecule has 4 heteroatoms. The van der Waals surface area contributed by atoms with Crippen molar-refractivity contribution in [1.29, 1.82) is 0 Å². The molecule has 0 aliphatic carbocycles. The van der Waals surface area contributed by atoms with Crippen LogP contribution in [0.3, 0.4) is 0 Å². The van der Waals surface area contributed by atoms with Crippen LogP contribution >= 0.6 is 0 Å². The van der Waals surface area contributed by atoms with Gasteiger partial charge in [0.1, 0.15) is 5.75 Å². The Morgan fingerprint density at radius 3 is 2.67 bits per heavy atom. The van der Waals surface area contributed by atoms with Gasteiger partial charge in [-0.25, -0.2) is 8.78 Å². The third-order valence-electron chi connectivity index (χ3n) is 3.45. The first kappa shape index (κ1) is 15.4. The Morgan fingerprint density at radius 1 is 1.14 bits per heavy atom. The summed E-state index contributed by atoms with van der Waals surface area (Å²) in [5.41, 5.74) is 1.48. The fraction of sp³-hybridized carbons (Fsp3) is 0.294. The van der Waals surface area contributed by atoms with Gasteiger partial charge in [-0.15, -0.1) is 0 Å². The maximum Gasteiger partial charge on any atom is 0.163 e. The minimum absolute atomic E-state index is 0.244. The van der Waals surface area contributed by atoms with E-state index in [2.05, 4.69) is 5.32 Å². The lowest BCUT2D eigenvalue weighted by Crippen LogP contribution is -2.22. The number of methoxy groups -OCH3 is 1. The number of hydrogen-bond acceptors (Lipinski definition) is 2. The van der Waals surface area contributed by atoms with Crippen molar-refractivity contribution in [2.75, 3.05) is 13.7 Å². The maximum atomic E-state index is 13.7. The molecule has 21 heavy (non-hydrogen) atoms. The zero-order valence-electron chi connectivity index (χ0n) is 12.2. The lowest BCUT2D eigenvalue weighted by molar-refractivity contribution is 0.414. The molecule has 2 aromatic carbocycles. The molecule has 0 saturated carbocycles. The number of halogens is 2. The lowest BCUT2D eigenvalue weighted by atomic mass is 10.1. The Hall–Kier alpha value is -1.94. The third-order valence-corrected chi connectivity index (χ3v) is 3.45. The fourth-order valence-electron chi connectivity index (χ4n) is 2.23. The van der Waals surface area contributed by atoms with Crippen molar-refractivity contribution in [2.24, 2.45) is 0 Å². The van der Waals surface area contributed by atoms with Crippen LogP contribution in [0.4, 0.5) is 8.78 Å². The number of benzene rings is 2. The fourth-order valence-corrected chi connectivity index (χ4v) is 2.23. The third kappa shape index (κ3) is 4.02. The predicted octanol–water partition coefficient (Wildman–Crippen LogP) is 3.87. The molecule has 0 radical (unpaired) electrons. The van der Waals surface area contributed by atoms with Gasteiger partial charge in [0.15, 0.2) is 11.6 Å². The minimum atomic E-state index is -0.811. The Morgan fingerprint density at radius 2 is 1.90 bits per heavy atom. The molecule has 0 bridgehead atoms. The van der Waals surface area contributed by atoms with Crippen LogP contribution in [0.25, 0.3) is 0 Å². The van der Waals surface area contributed by atoms with Gasteiger partial charge in [0.05, 0.1) is 7.11 Å². The average Bonchev–Trinajstić information content (AvgIpc) is 2.50. The van der Waals surface area contributed by atoms with Gasteiger partial charge in [0, 0.05) is 11.6 Å². The van der Waals surface area contributed by atoms with Crippen LogP contribution in [0.1, 0.15) is 24.1 Å². The molecule has 1 N–H and O–H groups in total. The summed E-state index contributed by atoms with van der Waals surface area (Å²) in [4.78, 5) is 0. The maximum absolute atomic E-state index is 13.7. The molecular formula is C17H19F2NO. The summed E-state index contributed by atoms with van der Waals surface area (Å²) in [7, 11) is 1.63. The lowest BCUT2D eigenvalue weighted by Gasteiger charge is -2.15. The van der Waals surface area contributed by atoms with E-state index in [1.165, 1.54) is 6.07 Å². The van der Waals surface area contributed by atoms with Gasteiger partial charge < -0.3 is 10.1 Å². The Balaban J connectivity index is 1.92. The topological polar surface area (TPSA) is 21.3 Å². The minimum Gasteiger partial charge on any atom is -0.497 e. The highest BCUT2D eigenvalue weighted by atomic mass is 19.2. The zero-order valence-corrected chi connectivity index (χ0v) is 12.2. The highest BCUT2D eigenvalue weighted by Gasteiger charge is 2.13. The second-order valence-electron chi connectivity index (χ2n) is 4.92. The largest absolute Gasteiger partial charge is 0.497 e. The molecule has 0 saturated heterocycles. The summed E-state index contributed by atoms with van der Waals surface area (Å²) in [5, 5.41) is 3.21. The van der Waals surface area contributed by atoms with Gasteiger partial charge in [-0.05, 0) is 43.7 Å². The summed E-state index contributed by atoms with van der Waals surface area (Å²) in [5.74, 6) is -0.774. The summed E-state index contributed by atoms with van der Waals surface area (Å²) in [6, 6.07) is 11.8. The Labute approximate surface area is 123 Å². The van der Waals surface area contributed by atoms with Crippen LogP contribution in [0, 0.1) is 11.6 Å². The average molecular weight is 291 g/mol. The van der Waals surface area contributed by atoms with E-state index in [0.29, 0.717) is 12.1 Å². The number of nitrogens with one attached hydrogen (secondary N) is 1. The molecule has 0 amide bonds. The van der Waals surface area contributed by atoms with Crippen molar-refractivity contribution >= 4 is 0 Å². The van der Waals surface area contributed by atoms with Crippen molar-refractivity contribution in [3.63, 3.8) is 0 Å². The van der Waals surface area contributed by atoms with Crippen LogP contribution in [-0.2, 0) is 6.42 Å². The predicted molar refractivity (Wildman–Crippen MR) is 79.5 cm³/mol. The van der Waals surface area contributed by atoms with Crippen LogP contribution < -0.4 is 10.1 Å². The van der Waals surface area contributed by atoms with E-state index in [9.17, 15) is 8.78 Å². The summed E-state index contributed by atoms with van der Waals surface area (Å²) in [6.45, 7) is 2.49. The van der Waals surface area contributed by atoms with E-state index in [1.807, 2.05) is 31.2 Å². The Kier molecular flexibility index (Phi) is 5.28. The number of ether oxygens (including phenoxy) is 1. The number of rotatable bonds is 6. The van der Waals surface area contributed by atoms with Crippen molar-refractivity contribution in [2.45, 2.75) is 19.4 Å². The van der Waals surface area contributed by atoms with Crippen LogP contribution in [0.15, 0.2) is 42.5 Å². The molecule has 0 fully saturated rings. The van der Waals surface area contributed by atoms with Gasteiger partial charge in [-0.1, -0.05) is 24.3 Å². The van der Waals surface area contributed by atoms with Crippen LogP contribution in [0.2, 0.25) is 0 Å². The molecule has 0 aliphatic rings. The van der Waals surface area contributed by atoms with E-state index < -0.39 is 11.6 Å². The van der Waals surface area contributed by atoms with Crippen molar-refractivity contribution in [3.05, 3.63) is 65.2 Å². The van der Waals surface area contributed by atoms with Gasteiger partial charge >= 0.3 is 0 Å².